The molecule has 0 aliphatic rings. The van der Waals surface area contributed by atoms with E-state index in [0.29, 0.717) is 16.6 Å². The van der Waals surface area contributed by atoms with Crippen LogP contribution in [0.5, 0.6) is 11.5 Å². The number of nitrogens with one attached hydrogen (secondary N) is 1. The zero-order valence-corrected chi connectivity index (χ0v) is 15.3. The maximum Gasteiger partial charge on any atom is 0.199 e. The standard InChI is InChI=1S/C20H19ClN4O/c1-13-11-14(2)23-19(12-13)25-20(22)24-16-5-9-18(10-6-16)26-17-7-3-15(21)4-8-17/h3-12H,1-2H3,(H3,22,23,24,25). The second kappa shape index (κ2) is 7.89. The summed E-state index contributed by atoms with van der Waals surface area (Å²) >= 11 is 5.87. The Balaban J connectivity index is 1.66. The van der Waals surface area contributed by atoms with E-state index in [1.165, 1.54) is 0 Å². The van der Waals surface area contributed by atoms with Crippen LogP contribution in [0, 0.1) is 13.8 Å². The molecule has 0 aliphatic heterocycles. The van der Waals surface area contributed by atoms with Crippen molar-refractivity contribution in [2.75, 3.05) is 5.32 Å². The summed E-state index contributed by atoms with van der Waals surface area (Å²) in [6.07, 6.45) is 0. The van der Waals surface area contributed by atoms with Gasteiger partial charge in [-0.15, -0.1) is 0 Å². The molecule has 0 unspecified atom stereocenters. The van der Waals surface area contributed by atoms with Gasteiger partial charge in [-0.3, -0.25) is 0 Å². The van der Waals surface area contributed by atoms with Crippen LogP contribution in [0.25, 0.3) is 0 Å². The molecule has 0 saturated carbocycles. The molecule has 0 fully saturated rings. The van der Waals surface area contributed by atoms with Crippen molar-refractivity contribution >= 4 is 29.1 Å². The first kappa shape index (κ1) is 17.8. The number of pyridine rings is 1. The number of ether oxygens (including phenoxy) is 1. The highest BCUT2D eigenvalue weighted by Crippen LogP contribution is 2.24. The molecule has 0 amide bonds. The lowest BCUT2D eigenvalue weighted by molar-refractivity contribution is 0.483. The molecule has 132 valence electrons. The fourth-order valence-electron chi connectivity index (χ4n) is 2.42. The number of nitrogens with two attached hydrogens (primary N) is 1. The van der Waals surface area contributed by atoms with Gasteiger partial charge >= 0.3 is 0 Å². The highest BCUT2D eigenvalue weighted by Gasteiger charge is 2.01. The molecular formula is C20H19ClN4O. The Hall–Kier alpha value is -3.05. The largest absolute Gasteiger partial charge is 0.457 e. The van der Waals surface area contributed by atoms with E-state index >= 15 is 0 Å². The summed E-state index contributed by atoms with van der Waals surface area (Å²) < 4.78 is 5.76. The maximum absolute atomic E-state index is 5.97. The Bertz CT molecular complexity index is 901. The van der Waals surface area contributed by atoms with E-state index in [1.54, 1.807) is 12.1 Å². The lowest BCUT2D eigenvalue weighted by atomic mass is 10.2. The van der Waals surface area contributed by atoms with Gasteiger partial charge in [0, 0.05) is 16.4 Å². The highest BCUT2D eigenvalue weighted by molar-refractivity contribution is 6.30. The average molecular weight is 367 g/mol. The van der Waals surface area contributed by atoms with Crippen LogP contribution < -0.4 is 15.8 Å². The lowest BCUT2D eigenvalue weighted by Gasteiger charge is -2.08. The molecule has 3 aromatic rings. The van der Waals surface area contributed by atoms with Crippen LogP contribution in [0.4, 0.5) is 11.5 Å². The first-order valence-corrected chi connectivity index (χ1v) is 8.46. The van der Waals surface area contributed by atoms with Crippen molar-refractivity contribution in [3.05, 3.63) is 76.9 Å². The van der Waals surface area contributed by atoms with Gasteiger partial charge in [-0.05, 0) is 80.1 Å². The van der Waals surface area contributed by atoms with Crippen LogP contribution >= 0.6 is 11.6 Å². The molecule has 0 radical (unpaired) electrons. The zero-order valence-electron chi connectivity index (χ0n) is 14.5. The van der Waals surface area contributed by atoms with Gasteiger partial charge < -0.3 is 15.8 Å². The normalized spacial score (nSPS) is 11.3. The van der Waals surface area contributed by atoms with Crippen molar-refractivity contribution in [2.45, 2.75) is 13.8 Å². The van der Waals surface area contributed by atoms with Gasteiger partial charge in [-0.2, -0.15) is 4.99 Å². The minimum atomic E-state index is 0.272. The Morgan fingerprint density at radius 2 is 1.62 bits per heavy atom. The molecule has 3 N–H and O–H groups in total. The van der Waals surface area contributed by atoms with E-state index < -0.39 is 0 Å². The first-order valence-electron chi connectivity index (χ1n) is 8.08. The lowest BCUT2D eigenvalue weighted by Crippen LogP contribution is -2.22. The summed E-state index contributed by atoms with van der Waals surface area (Å²) in [4.78, 5) is 8.65. The van der Waals surface area contributed by atoms with E-state index in [9.17, 15) is 0 Å². The minimum absolute atomic E-state index is 0.272. The number of aliphatic imine (C=N–C) groups is 1. The second-order valence-corrected chi connectivity index (χ2v) is 6.28. The zero-order chi connectivity index (χ0) is 18.5. The van der Waals surface area contributed by atoms with E-state index in [2.05, 4.69) is 15.3 Å². The van der Waals surface area contributed by atoms with Crippen molar-refractivity contribution in [2.24, 2.45) is 10.7 Å². The molecular weight excluding hydrogens is 348 g/mol. The molecule has 0 aliphatic carbocycles. The van der Waals surface area contributed by atoms with Crippen molar-refractivity contribution in [3.8, 4) is 11.5 Å². The van der Waals surface area contributed by atoms with Gasteiger partial charge in [0.05, 0.1) is 0 Å². The van der Waals surface area contributed by atoms with Gasteiger partial charge in [0.1, 0.15) is 11.5 Å². The van der Waals surface area contributed by atoms with Crippen molar-refractivity contribution in [1.29, 1.82) is 0 Å². The predicted molar refractivity (Wildman–Crippen MR) is 107 cm³/mol. The molecule has 0 bridgehead atoms. The molecule has 6 heteroatoms. The summed E-state index contributed by atoms with van der Waals surface area (Å²) in [5.74, 6) is 2.28. The predicted octanol–water partition coefficient (Wildman–Crippen LogP) is 5.20. The van der Waals surface area contributed by atoms with Crippen molar-refractivity contribution in [3.63, 3.8) is 0 Å². The maximum atomic E-state index is 5.97. The summed E-state index contributed by atoms with van der Waals surface area (Å²) in [6, 6.07) is 18.5. The number of hydrogen-bond acceptors (Lipinski definition) is 3. The molecule has 26 heavy (non-hydrogen) atoms. The fourth-order valence-corrected chi connectivity index (χ4v) is 2.55. The topological polar surface area (TPSA) is 72.5 Å². The molecule has 0 saturated heterocycles. The third kappa shape index (κ3) is 4.97. The van der Waals surface area contributed by atoms with Gasteiger partial charge in [-0.1, -0.05) is 11.6 Å². The number of hydrogen-bond donors (Lipinski definition) is 2. The first-order chi connectivity index (χ1) is 12.5. The molecule has 1 aromatic heterocycles. The van der Waals surface area contributed by atoms with Gasteiger partial charge in [0.25, 0.3) is 0 Å². The molecule has 3 rings (SSSR count). The van der Waals surface area contributed by atoms with Crippen LogP contribution in [-0.4, -0.2) is 10.9 Å². The summed E-state index contributed by atoms with van der Waals surface area (Å²) in [5, 5.41) is 3.71. The monoisotopic (exact) mass is 366 g/mol. The number of aromatic nitrogens is 1. The number of benzene rings is 2. The van der Waals surface area contributed by atoms with E-state index in [1.807, 2.05) is 62.4 Å². The van der Waals surface area contributed by atoms with E-state index in [-0.39, 0.29) is 5.96 Å². The average Bonchev–Trinajstić information content (AvgIpc) is 2.57. The SMILES string of the molecule is Cc1cc(C)nc(/N=C(\N)Nc2ccc(Oc3ccc(Cl)cc3)cc2)c1. The number of guanidine groups is 1. The summed E-state index contributed by atoms with van der Waals surface area (Å²) in [5.41, 5.74) is 8.77. The van der Waals surface area contributed by atoms with E-state index in [0.717, 1.165) is 22.7 Å². The molecule has 1 heterocycles. The third-order valence-electron chi connectivity index (χ3n) is 3.50. The van der Waals surface area contributed by atoms with Crippen molar-refractivity contribution < 1.29 is 4.74 Å². The van der Waals surface area contributed by atoms with Crippen LogP contribution in [0.1, 0.15) is 11.3 Å². The van der Waals surface area contributed by atoms with Gasteiger partial charge in [-0.25, -0.2) is 4.98 Å². The molecule has 2 aromatic carbocycles. The van der Waals surface area contributed by atoms with Gasteiger partial charge in [0.15, 0.2) is 11.8 Å². The minimum Gasteiger partial charge on any atom is -0.457 e. The van der Waals surface area contributed by atoms with Crippen LogP contribution in [0.3, 0.4) is 0 Å². The molecule has 5 nitrogen and oxygen atoms in total. The number of halogens is 1. The Morgan fingerprint density at radius 3 is 2.23 bits per heavy atom. The summed E-state index contributed by atoms with van der Waals surface area (Å²) in [6.45, 7) is 3.92. The fraction of sp³-hybridized carbons (Fsp3) is 0.100. The third-order valence-corrected chi connectivity index (χ3v) is 3.75. The second-order valence-electron chi connectivity index (χ2n) is 5.85. The number of rotatable bonds is 4. The number of aryl methyl sites for hydroxylation is 2. The smallest absolute Gasteiger partial charge is 0.199 e. The molecule has 0 spiro atoms. The number of anilines is 1. The summed E-state index contributed by atoms with van der Waals surface area (Å²) in [7, 11) is 0. The van der Waals surface area contributed by atoms with Crippen LogP contribution in [-0.2, 0) is 0 Å². The quantitative estimate of drug-likeness (QED) is 0.491. The van der Waals surface area contributed by atoms with Crippen molar-refractivity contribution in [1.82, 2.24) is 4.98 Å². The highest BCUT2D eigenvalue weighted by atomic mass is 35.5. The Morgan fingerprint density at radius 1 is 1.00 bits per heavy atom. The number of nitrogens with zero attached hydrogens (tertiary/aromatic N) is 2. The van der Waals surface area contributed by atoms with E-state index in [4.69, 9.17) is 22.1 Å². The van der Waals surface area contributed by atoms with Crippen LogP contribution in [0.2, 0.25) is 5.02 Å². The Labute approximate surface area is 157 Å². The molecule has 0 atom stereocenters. The van der Waals surface area contributed by atoms with Crippen LogP contribution in [0.15, 0.2) is 65.7 Å². The van der Waals surface area contributed by atoms with Gasteiger partial charge in [0.2, 0.25) is 0 Å². The Kier molecular flexibility index (Phi) is 5.39.